The van der Waals surface area contributed by atoms with Crippen LogP contribution in [0.1, 0.15) is 29.3 Å². The first kappa shape index (κ1) is 13.4. The van der Waals surface area contributed by atoms with Crippen LogP contribution in [0.5, 0.6) is 5.75 Å². The fraction of sp³-hybridized carbons (Fsp3) is 0.429. The fourth-order valence-corrected chi connectivity index (χ4v) is 2.41. The summed E-state index contributed by atoms with van der Waals surface area (Å²) in [6, 6.07) is 4.24. The van der Waals surface area contributed by atoms with Gasteiger partial charge >= 0.3 is 0 Å². The Bertz CT molecular complexity index is 513. The zero-order valence-corrected chi connectivity index (χ0v) is 11.1. The Labute approximate surface area is 112 Å². The minimum Gasteiger partial charge on any atom is -0.508 e. The number of phenolic OH excluding ortho intramolecular Hbond substituents is 1. The first-order valence-corrected chi connectivity index (χ1v) is 6.43. The van der Waals surface area contributed by atoms with Gasteiger partial charge in [-0.15, -0.1) is 0 Å². The van der Waals surface area contributed by atoms with Crippen LogP contribution >= 0.6 is 0 Å². The molecule has 1 aliphatic heterocycles. The van der Waals surface area contributed by atoms with Gasteiger partial charge in [-0.3, -0.25) is 9.59 Å². The summed E-state index contributed by atoms with van der Waals surface area (Å²) >= 11 is 0. The summed E-state index contributed by atoms with van der Waals surface area (Å²) in [5.41, 5.74) is 1.25. The van der Waals surface area contributed by atoms with Crippen LogP contribution in [-0.4, -0.2) is 41.0 Å². The van der Waals surface area contributed by atoms with E-state index >= 15 is 0 Å². The van der Waals surface area contributed by atoms with Gasteiger partial charge in [-0.1, -0.05) is 6.92 Å². The molecular weight excluding hydrogens is 244 g/mol. The molecule has 5 heteroatoms. The molecule has 2 rings (SSSR count). The third-order valence-electron chi connectivity index (χ3n) is 3.42. The second-order valence-electron chi connectivity index (χ2n) is 4.71. The Morgan fingerprint density at radius 2 is 2.26 bits per heavy atom. The predicted molar refractivity (Wildman–Crippen MR) is 71.0 cm³/mol. The van der Waals surface area contributed by atoms with Gasteiger partial charge in [-0.2, -0.15) is 0 Å². The van der Waals surface area contributed by atoms with Crippen LogP contribution in [0.15, 0.2) is 18.2 Å². The van der Waals surface area contributed by atoms with Crippen LogP contribution in [0, 0.1) is 6.92 Å². The summed E-state index contributed by atoms with van der Waals surface area (Å²) in [5.74, 6) is -0.116. The van der Waals surface area contributed by atoms with E-state index in [1.54, 1.807) is 24.0 Å². The molecule has 0 radical (unpaired) electrons. The average Bonchev–Trinajstić information content (AvgIpc) is 2.37. The number of benzene rings is 1. The van der Waals surface area contributed by atoms with Gasteiger partial charge in [0, 0.05) is 18.7 Å². The number of nitrogens with zero attached hydrogens (tertiary/aromatic N) is 1. The Balaban J connectivity index is 2.29. The average molecular weight is 262 g/mol. The lowest BCUT2D eigenvalue weighted by atomic mass is 10.0. The molecule has 0 spiro atoms. The zero-order valence-electron chi connectivity index (χ0n) is 11.1. The van der Waals surface area contributed by atoms with E-state index in [9.17, 15) is 14.7 Å². The smallest absolute Gasteiger partial charge is 0.254 e. The van der Waals surface area contributed by atoms with Crippen molar-refractivity contribution >= 4 is 11.8 Å². The van der Waals surface area contributed by atoms with Gasteiger partial charge in [-0.25, -0.2) is 0 Å². The van der Waals surface area contributed by atoms with Crippen molar-refractivity contribution < 1.29 is 14.7 Å². The Morgan fingerprint density at radius 3 is 2.89 bits per heavy atom. The van der Waals surface area contributed by atoms with E-state index < -0.39 is 6.04 Å². The molecule has 0 aromatic heterocycles. The minimum absolute atomic E-state index is 0.0986. The summed E-state index contributed by atoms with van der Waals surface area (Å²) in [6.45, 7) is 4.67. The molecule has 1 fully saturated rings. The van der Waals surface area contributed by atoms with Crippen molar-refractivity contribution in [2.45, 2.75) is 26.3 Å². The SMILES string of the molecule is CCC1C(=O)NCCN1C(=O)c1ccc(O)cc1C. The van der Waals surface area contributed by atoms with Crippen molar-refractivity contribution in [3.05, 3.63) is 29.3 Å². The second kappa shape index (κ2) is 5.30. The van der Waals surface area contributed by atoms with Gasteiger partial charge in [0.2, 0.25) is 5.91 Å². The Kier molecular flexibility index (Phi) is 3.74. The third-order valence-corrected chi connectivity index (χ3v) is 3.42. The number of rotatable bonds is 2. The maximum Gasteiger partial charge on any atom is 0.254 e. The van der Waals surface area contributed by atoms with Gasteiger partial charge < -0.3 is 15.3 Å². The second-order valence-corrected chi connectivity index (χ2v) is 4.71. The van der Waals surface area contributed by atoms with Crippen LogP contribution in [0.2, 0.25) is 0 Å². The topological polar surface area (TPSA) is 69.6 Å². The molecular formula is C14H18N2O3. The number of hydrogen-bond donors (Lipinski definition) is 2. The summed E-state index contributed by atoms with van der Waals surface area (Å²) in [5, 5.41) is 12.2. The Morgan fingerprint density at radius 1 is 1.53 bits per heavy atom. The molecule has 0 aliphatic carbocycles. The van der Waals surface area contributed by atoms with E-state index in [2.05, 4.69) is 5.32 Å². The lowest BCUT2D eigenvalue weighted by Crippen LogP contribution is -2.57. The van der Waals surface area contributed by atoms with E-state index in [4.69, 9.17) is 0 Å². The molecule has 5 nitrogen and oxygen atoms in total. The highest BCUT2D eigenvalue weighted by molar-refractivity contribution is 5.99. The molecule has 2 N–H and O–H groups in total. The third kappa shape index (κ3) is 2.54. The van der Waals surface area contributed by atoms with Gasteiger partial charge in [-0.05, 0) is 37.1 Å². The Hall–Kier alpha value is -2.04. The molecule has 0 bridgehead atoms. The van der Waals surface area contributed by atoms with Crippen molar-refractivity contribution in [2.24, 2.45) is 0 Å². The lowest BCUT2D eigenvalue weighted by Gasteiger charge is -2.34. The zero-order chi connectivity index (χ0) is 14.0. The number of hydrogen-bond acceptors (Lipinski definition) is 3. The summed E-state index contributed by atoms with van der Waals surface area (Å²) in [4.78, 5) is 25.9. The van der Waals surface area contributed by atoms with E-state index in [-0.39, 0.29) is 17.6 Å². The molecule has 1 saturated heterocycles. The van der Waals surface area contributed by atoms with Crippen molar-refractivity contribution in [2.75, 3.05) is 13.1 Å². The normalized spacial score (nSPS) is 19.2. The number of carbonyl (C=O) groups excluding carboxylic acids is 2. The largest absolute Gasteiger partial charge is 0.508 e. The first-order valence-electron chi connectivity index (χ1n) is 6.43. The highest BCUT2D eigenvalue weighted by Crippen LogP contribution is 2.20. The fourth-order valence-electron chi connectivity index (χ4n) is 2.41. The maximum absolute atomic E-state index is 12.5. The summed E-state index contributed by atoms with van der Waals surface area (Å²) in [6.07, 6.45) is 0.592. The summed E-state index contributed by atoms with van der Waals surface area (Å²) < 4.78 is 0. The van der Waals surface area contributed by atoms with Gasteiger partial charge in [0.15, 0.2) is 0 Å². The van der Waals surface area contributed by atoms with E-state index in [0.717, 1.165) is 0 Å². The molecule has 102 valence electrons. The molecule has 1 unspecified atom stereocenters. The van der Waals surface area contributed by atoms with Gasteiger partial charge in [0.25, 0.3) is 5.91 Å². The number of aromatic hydroxyl groups is 1. The molecule has 0 saturated carbocycles. The van der Waals surface area contributed by atoms with Gasteiger partial charge in [0.1, 0.15) is 11.8 Å². The highest BCUT2D eigenvalue weighted by Gasteiger charge is 2.32. The van der Waals surface area contributed by atoms with Crippen molar-refractivity contribution in [3.63, 3.8) is 0 Å². The molecule has 1 aliphatic rings. The van der Waals surface area contributed by atoms with E-state index in [0.29, 0.717) is 30.6 Å². The van der Waals surface area contributed by atoms with Crippen LogP contribution in [-0.2, 0) is 4.79 Å². The quantitative estimate of drug-likeness (QED) is 0.837. The molecule has 1 aromatic rings. The first-order chi connectivity index (χ1) is 9.04. The van der Waals surface area contributed by atoms with Crippen molar-refractivity contribution in [1.29, 1.82) is 0 Å². The van der Waals surface area contributed by atoms with Crippen LogP contribution in [0.25, 0.3) is 0 Å². The number of carbonyl (C=O) groups is 2. The molecule has 19 heavy (non-hydrogen) atoms. The lowest BCUT2D eigenvalue weighted by molar-refractivity contribution is -0.127. The van der Waals surface area contributed by atoms with Crippen LogP contribution in [0.3, 0.4) is 0 Å². The standard InChI is InChI=1S/C14H18N2O3/c1-3-12-13(18)15-6-7-16(12)14(19)11-5-4-10(17)8-9(11)2/h4-5,8,12,17H,3,6-7H2,1-2H3,(H,15,18). The van der Waals surface area contributed by atoms with Crippen LogP contribution < -0.4 is 5.32 Å². The highest BCUT2D eigenvalue weighted by atomic mass is 16.3. The monoisotopic (exact) mass is 262 g/mol. The number of piperazine rings is 1. The van der Waals surface area contributed by atoms with Crippen LogP contribution in [0.4, 0.5) is 0 Å². The molecule has 2 amide bonds. The molecule has 1 aromatic carbocycles. The van der Waals surface area contributed by atoms with Gasteiger partial charge in [0.05, 0.1) is 0 Å². The maximum atomic E-state index is 12.5. The molecule has 1 atom stereocenters. The number of aryl methyl sites for hydroxylation is 1. The minimum atomic E-state index is -0.408. The number of nitrogens with one attached hydrogen (secondary N) is 1. The van der Waals surface area contributed by atoms with Crippen molar-refractivity contribution in [3.8, 4) is 5.75 Å². The van der Waals surface area contributed by atoms with E-state index in [1.807, 2.05) is 6.92 Å². The predicted octanol–water partition coefficient (Wildman–Crippen LogP) is 1.05. The number of phenols is 1. The van der Waals surface area contributed by atoms with E-state index in [1.165, 1.54) is 6.07 Å². The molecule has 1 heterocycles. The number of amides is 2. The van der Waals surface area contributed by atoms with Crippen molar-refractivity contribution in [1.82, 2.24) is 10.2 Å². The summed E-state index contributed by atoms with van der Waals surface area (Å²) in [7, 11) is 0.